The molecule has 1 N–H and O–H groups in total. The molecule has 0 aliphatic heterocycles. The summed E-state index contributed by atoms with van der Waals surface area (Å²) in [6.45, 7) is 0. The molecule has 1 heterocycles. The first-order valence-corrected chi connectivity index (χ1v) is 10.3. The Morgan fingerprint density at radius 2 is 1.90 bits per heavy atom. The standard InChI is InChI=1S/C19H16N4O6S/c24-17(10-9-14-5-4-6-15(13-14)23(25)26)20-19-22-21-18(29-19)11-12-30(27,28)16-7-2-1-3-8-16/h1-10,13H,11-12H2,(H,20,22,24)/b10-9+. The molecule has 0 unspecified atom stereocenters. The highest BCUT2D eigenvalue weighted by atomic mass is 32.2. The van der Waals surface area contributed by atoms with Crippen molar-refractivity contribution in [3.63, 3.8) is 0 Å². The molecule has 0 aliphatic carbocycles. The number of nitrogens with one attached hydrogen (secondary N) is 1. The molecule has 0 aliphatic rings. The van der Waals surface area contributed by atoms with Gasteiger partial charge in [-0.05, 0) is 23.8 Å². The van der Waals surface area contributed by atoms with Crippen molar-refractivity contribution in [2.24, 2.45) is 0 Å². The van der Waals surface area contributed by atoms with Crippen LogP contribution < -0.4 is 5.32 Å². The lowest BCUT2D eigenvalue weighted by Crippen LogP contribution is -2.09. The highest BCUT2D eigenvalue weighted by Gasteiger charge is 2.16. The SMILES string of the molecule is O=C(/C=C/c1cccc([N+](=O)[O-])c1)Nc1nnc(CCS(=O)(=O)c2ccccc2)o1. The zero-order chi connectivity index (χ0) is 21.6. The number of nitro benzene ring substituents is 1. The fourth-order valence-electron chi connectivity index (χ4n) is 2.43. The lowest BCUT2D eigenvalue weighted by Gasteiger charge is -2.01. The Bertz CT molecular complexity index is 1190. The summed E-state index contributed by atoms with van der Waals surface area (Å²) in [4.78, 5) is 22.4. The first-order valence-electron chi connectivity index (χ1n) is 8.67. The van der Waals surface area contributed by atoms with Crippen LogP contribution in [0, 0.1) is 10.1 Å². The monoisotopic (exact) mass is 428 g/mol. The van der Waals surface area contributed by atoms with Gasteiger partial charge in [0, 0.05) is 24.6 Å². The van der Waals surface area contributed by atoms with E-state index >= 15 is 0 Å². The number of aryl methyl sites for hydroxylation is 1. The number of benzene rings is 2. The minimum absolute atomic E-state index is 0.0103. The van der Waals surface area contributed by atoms with E-state index in [9.17, 15) is 23.3 Å². The summed E-state index contributed by atoms with van der Waals surface area (Å²) in [6, 6.07) is 13.6. The third kappa shape index (κ3) is 5.58. The number of rotatable bonds is 8. The average Bonchev–Trinajstić information content (AvgIpc) is 3.19. The molecule has 3 aromatic rings. The zero-order valence-corrected chi connectivity index (χ0v) is 16.3. The molecule has 2 aromatic carbocycles. The van der Waals surface area contributed by atoms with Gasteiger partial charge in [0.05, 0.1) is 15.6 Å². The first kappa shape index (κ1) is 20.9. The maximum atomic E-state index is 12.3. The summed E-state index contributed by atoms with van der Waals surface area (Å²) < 4.78 is 29.8. The van der Waals surface area contributed by atoms with Crippen molar-refractivity contribution in [1.82, 2.24) is 10.2 Å². The summed E-state index contributed by atoms with van der Waals surface area (Å²) in [7, 11) is -3.50. The van der Waals surface area contributed by atoms with Crippen LogP contribution in [0.3, 0.4) is 0 Å². The van der Waals surface area contributed by atoms with Crippen LogP contribution >= 0.6 is 0 Å². The number of hydrogen-bond acceptors (Lipinski definition) is 8. The van der Waals surface area contributed by atoms with E-state index in [0.29, 0.717) is 5.56 Å². The number of hydrogen-bond donors (Lipinski definition) is 1. The van der Waals surface area contributed by atoms with Crippen LogP contribution in [0.1, 0.15) is 11.5 Å². The number of nitro groups is 1. The highest BCUT2D eigenvalue weighted by Crippen LogP contribution is 2.15. The fraction of sp³-hybridized carbons (Fsp3) is 0.105. The average molecular weight is 428 g/mol. The number of anilines is 1. The number of non-ortho nitro benzene ring substituents is 1. The molecule has 1 aromatic heterocycles. The Kier molecular flexibility index (Phi) is 6.32. The Hall–Kier alpha value is -3.86. The second-order valence-electron chi connectivity index (χ2n) is 6.06. The number of amides is 1. The van der Waals surface area contributed by atoms with Crippen LogP contribution in [0.25, 0.3) is 6.08 Å². The number of carbonyl (C=O) groups excluding carboxylic acids is 1. The van der Waals surface area contributed by atoms with E-state index in [1.165, 1.54) is 36.4 Å². The van der Waals surface area contributed by atoms with Crippen LogP contribution in [-0.4, -0.2) is 35.2 Å². The van der Waals surface area contributed by atoms with Crippen molar-refractivity contribution in [2.45, 2.75) is 11.3 Å². The highest BCUT2D eigenvalue weighted by molar-refractivity contribution is 7.91. The molecule has 154 valence electrons. The topological polar surface area (TPSA) is 145 Å². The second-order valence-corrected chi connectivity index (χ2v) is 8.17. The molecule has 0 radical (unpaired) electrons. The molecule has 0 saturated heterocycles. The molecule has 0 saturated carbocycles. The first-order chi connectivity index (χ1) is 14.3. The Morgan fingerprint density at radius 1 is 1.13 bits per heavy atom. The van der Waals surface area contributed by atoms with Gasteiger partial charge in [0.15, 0.2) is 9.84 Å². The molecule has 0 fully saturated rings. The van der Waals surface area contributed by atoms with Crippen molar-refractivity contribution in [2.75, 3.05) is 11.1 Å². The van der Waals surface area contributed by atoms with E-state index in [2.05, 4.69) is 15.5 Å². The van der Waals surface area contributed by atoms with Gasteiger partial charge in [-0.3, -0.25) is 20.2 Å². The van der Waals surface area contributed by atoms with E-state index in [-0.39, 0.29) is 34.7 Å². The molecule has 1 amide bonds. The summed E-state index contributed by atoms with van der Waals surface area (Å²) in [5.74, 6) is -0.750. The third-order valence-corrected chi connectivity index (χ3v) is 5.62. The Balaban J connectivity index is 1.57. The number of nitrogens with zero attached hydrogens (tertiary/aromatic N) is 3. The molecule has 11 heteroatoms. The molecule has 0 spiro atoms. The van der Waals surface area contributed by atoms with Crippen molar-refractivity contribution in [3.05, 3.63) is 82.2 Å². The number of sulfone groups is 1. The fourth-order valence-corrected chi connectivity index (χ4v) is 3.68. The summed E-state index contributed by atoms with van der Waals surface area (Å²) >= 11 is 0. The Labute approximate surface area is 171 Å². The van der Waals surface area contributed by atoms with E-state index in [4.69, 9.17) is 4.42 Å². The van der Waals surface area contributed by atoms with Gasteiger partial charge in [-0.1, -0.05) is 35.4 Å². The third-order valence-electron chi connectivity index (χ3n) is 3.89. The van der Waals surface area contributed by atoms with Crippen molar-refractivity contribution in [3.8, 4) is 0 Å². The van der Waals surface area contributed by atoms with Gasteiger partial charge in [-0.15, -0.1) is 5.10 Å². The van der Waals surface area contributed by atoms with Gasteiger partial charge >= 0.3 is 6.01 Å². The lowest BCUT2D eigenvalue weighted by molar-refractivity contribution is -0.384. The van der Waals surface area contributed by atoms with E-state index in [1.807, 2.05) is 0 Å². The molecular formula is C19H16N4O6S. The molecule has 0 atom stereocenters. The van der Waals surface area contributed by atoms with Gasteiger partial charge in [-0.25, -0.2) is 8.42 Å². The summed E-state index contributed by atoms with van der Waals surface area (Å²) in [6.07, 6.45) is 2.54. The zero-order valence-electron chi connectivity index (χ0n) is 15.5. The normalized spacial score (nSPS) is 11.5. The molecule has 3 rings (SSSR count). The van der Waals surface area contributed by atoms with Crippen LogP contribution in [0.5, 0.6) is 0 Å². The minimum Gasteiger partial charge on any atom is -0.408 e. The van der Waals surface area contributed by atoms with Gasteiger partial charge < -0.3 is 4.42 Å². The lowest BCUT2D eigenvalue weighted by atomic mass is 10.2. The van der Waals surface area contributed by atoms with Crippen LogP contribution in [-0.2, 0) is 21.1 Å². The quantitative estimate of drug-likeness (QED) is 0.327. The van der Waals surface area contributed by atoms with E-state index < -0.39 is 20.7 Å². The van der Waals surface area contributed by atoms with Crippen LogP contribution in [0.2, 0.25) is 0 Å². The predicted octanol–water partition coefficient (Wildman–Crippen LogP) is 2.65. The molecule has 30 heavy (non-hydrogen) atoms. The van der Waals surface area contributed by atoms with Gasteiger partial charge in [0.2, 0.25) is 5.89 Å². The Morgan fingerprint density at radius 3 is 2.63 bits per heavy atom. The van der Waals surface area contributed by atoms with Gasteiger partial charge in [0.1, 0.15) is 0 Å². The molecule has 0 bridgehead atoms. The van der Waals surface area contributed by atoms with Crippen molar-refractivity contribution in [1.29, 1.82) is 0 Å². The van der Waals surface area contributed by atoms with Crippen molar-refractivity contribution >= 4 is 33.5 Å². The van der Waals surface area contributed by atoms with E-state index in [0.717, 1.165) is 6.08 Å². The second kappa shape index (κ2) is 9.09. The maximum Gasteiger partial charge on any atom is 0.322 e. The summed E-state index contributed by atoms with van der Waals surface area (Å²) in [5, 5.41) is 20.5. The number of carbonyl (C=O) groups is 1. The van der Waals surface area contributed by atoms with Crippen LogP contribution in [0.4, 0.5) is 11.7 Å². The van der Waals surface area contributed by atoms with Crippen molar-refractivity contribution < 1.29 is 22.6 Å². The maximum absolute atomic E-state index is 12.3. The minimum atomic E-state index is -3.50. The van der Waals surface area contributed by atoms with Crippen LogP contribution in [0.15, 0.2) is 70.0 Å². The largest absolute Gasteiger partial charge is 0.408 e. The predicted molar refractivity (Wildman–Crippen MR) is 107 cm³/mol. The molecule has 10 nitrogen and oxygen atoms in total. The summed E-state index contributed by atoms with van der Waals surface area (Å²) in [5.41, 5.74) is 0.376. The van der Waals surface area contributed by atoms with Gasteiger partial charge in [-0.2, -0.15) is 0 Å². The van der Waals surface area contributed by atoms with Gasteiger partial charge in [0.25, 0.3) is 11.6 Å². The van der Waals surface area contributed by atoms with E-state index in [1.54, 1.807) is 24.3 Å². The molecular weight excluding hydrogens is 412 g/mol. The smallest absolute Gasteiger partial charge is 0.322 e. The number of aromatic nitrogens is 2.